The van der Waals surface area contributed by atoms with Gasteiger partial charge in [0.2, 0.25) is 5.91 Å². The molecule has 1 N–H and O–H groups in total. The molecule has 0 radical (unpaired) electrons. The van der Waals surface area contributed by atoms with E-state index in [1.807, 2.05) is 159 Å². The lowest BCUT2D eigenvalue weighted by Crippen LogP contribution is -2.74. The molecule has 0 spiro atoms. The molecule has 0 unspecified atom stereocenters. The molecule has 7 rings (SSSR count). The van der Waals surface area contributed by atoms with Crippen molar-refractivity contribution in [3.63, 3.8) is 0 Å². The third-order valence-corrected chi connectivity index (χ3v) is 11.1. The molecule has 8 nitrogen and oxygen atoms in total. The molecule has 272 valence electrons. The van der Waals surface area contributed by atoms with Gasteiger partial charge in [-0.3, -0.25) is 19.1 Å². The van der Waals surface area contributed by atoms with Crippen molar-refractivity contribution in [1.29, 1.82) is 0 Å². The lowest BCUT2D eigenvalue weighted by Gasteiger charge is -2.51. The van der Waals surface area contributed by atoms with E-state index < -0.39 is 58.9 Å². The highest BCUT2D eigenvalue weighted by Gasteiger charge is 2.53. The first-order valence-corrected chi connectivity index (χ1v) is 19.2. The van der Waals surface area contributed by atoms with Crippen molar-refractivity contribution in [2.24, 2.45) is 0 Å². The van der Waals surface area contributed by atoms with Gasteiger partial charge in [-0.2, -0.15) is 8.42 Å². The first-order chi connectivity index (χ1) is 26.3. The second-order valence-electron chi connectivity index (χ2n) is 13.2. The molecule has 1 heterocycles. The Hall–Kier alpha value is -5.87. The molecule has 0 aromatic heterocycles. The van der Waals surface area contributed by atoms with E-state index in [-0.39, 0.29) is 4.90 Å². The Kier molecular flexibility index (Phi) is 10.8. The van der Waals surface area contributed by atoms with Crippen LogP contribution in [0.2, 0.25) is 0 Å². The predicted octanol–water partition coefficient (Wildman–Crippen LogP) is 7.19. The van der Waals surface area contributed by atoms with Crippen LogP contribution in [0.4, 0.5) is 0 Å². The van der Waals surface area contributed by atoms with Crippen molar-refractivity contribution in [1.82, 2.24) is 10.2 Å². The number of carbonyl (C=O) groups is 2. The number of benzene rings is 6. The van der Waals surface area contributed by atoms with Gasteiger partial charge >= 0.3 is 5.97 Å². The molecule has 2 atom stereocenters. The molecule has 1 saturated heterocycles. The van der Waals surface area contributed by atoms with Crippen molar-refractivity contribution in [3.8, 4) is 0 Å². The van der Waals surface area contributed by atoms with Gasteiger partial charge in [0.25, 0.3) is 10.1 Å². The lowest BCUT2D eigenvalue weighted by molar-refractivity contribution is -0.165. The molecule has 9 heteroatoms. The topological polar surface area (TPSA) is 102 Å². The van der Waals surface area contributed by atoms with Crippen LogP contribution in [0.1, 0.15) is 39.5 Å². The van der Waals surface area contributed by atoms with Gasteiger partial charge in [0.15, 0.2) is 6.10 Å². The predicted molar refractivity (Wildman–Crippen MR) is 207 cm³/mol. The first kappa shape index (κ1) is 36.5. The van der Waals surface area contributed by atoms with Crippen LogP contribution in [0, 0.1) is 6.92 Å². The normalized spacial score (nSPS) is 15.8. The zero-order valence-corrected chi connectivity index (χ0v) is 30.5. The van der Waals surface area contributed by atoms with Crippen molar-refractivity contribution in [3.05, 3.63) is 209 Å². The summed E-state index contributed by atoms with van der Waals surface area (Å²) in [5.41, 5.74) is 4.01. The van der Waals surface area contributed by atoms with Gasteiger partial charge in [-0.15, -0.1) is 0 Å². The maximum atomic E-state index is 14.4. The molecule has 0 saturated carbocycles. The van der Waals surface area contributed by atoms with Crippen LogP contribution in [0.5, 0.6) is 0 Å². The van der Waals surface area contributed by atoms with Crippen LogP contribution in [-0.2, 0) is 34.2 Å². The SMILES string of the molecule is Cc1ccc(S(=O)(=O)OC[C@@H]2[C@H](NC(c3ccccc3)(c3ccccc3)c3ccccc3)C(=O)N2CC(=O)OC(c2ccccc2)c2ccccc2)cc1. The van der Waals surface area contributed by atoms with Gasteiger partial charge in [0.05, 0.1) is 23.1 Å². The molecule has 1 fully saturated rings. The molecular weight excluding hydrogens is 697 g/mol. The second-order valence-corrected chi connectivity index (χ2v) is 14.9. The number of likely N-dealkylation sites (tertiary alicyclic amines) is 1. The Morgan fingerprint density at radius 3 is 1.54 bits per heavy atom. The average molecular weight is 737 g/mol. The highest BCUT2D eigenvalue weighted by Crippen LogP contribution is 2.39. The Balaban J connectivity index is 1.24. The highest BCUT2D eigenvalue weighted by atomic mass is 32.2. The van der Waals surface area contributed by atoms with Crippen molar-refractivity contribution in [2.75, 3.05) is 13.2 Å². The summed E-state index contributed by atoms with van der Waals surface area (Å²) in [5.74, 6) is -1.04. The number of ether oxygens (including phenoxy) is 1. The summed E-state index contributed by atoms with van der Waals surface area (Å²) in [5, 5.41) is 3.68. The van der Waals surface area contributed by atoms with Crippen LogP contribution in [-0.4, -0.2) is 50.4 Å². The summed E-state index contributed by atoms with van der Waals surface area (Å²) in [6.07, 6.45) is -0.719. The number of amides is 1. The molecule has 1 aliphatic heterocycles. The van der Waals surface area contributed by atoms with Crippen molar-refractivity contribution >= 4 is 22.0 Å². The minimum absolute atomic E-state index is 0.00464. The van der Waals surface area contributed by atoms with Crippen LogP contribution in [0.3, 0.4) is 0 Å². The van der Waals surface area contributed by atoms with Gasteiger partial charge in [0, 0.05) is 0 Å². The smallest absolute Gasteiger partial charge is 0.326 e. The van der Waals surface area contributed by atoms with Gasteiger partial charge < -0.3 is 9.64 Å². The average Bonchev–Trinajstić information content (AvgIpc) is 3.22. The summed E-state index contributed by atoms with van der Waals surface area (Å²) in [6, 6.07) is 52.7. The summed E-state index contributed by atoms with van der Waals surface area (Å²) < 4.78 is 38.7. The molecular formula is C45H40N2O6S. The van der Waals surface area contributed by atoms with Gasteiger partial charge in [-0.05, 0) is 46.9 Å². The number of rotatable bonds is 14. The molecule has 0 bridgehead atoms. The third-order valence-electron chi connectivity index (χ3n) is 9.78. The zero-order chi connectivity index (χ0) is 37.5. The van der Waals surface area contributed by atoms with E-state index in [1.165, 1.54) is 17.0 Å². The van der Waals surface area contributed by atoms with E-state index in [4.69, 9.17) is 8.92 Å². The summed E-state index contributed by atoms with van der Waals surface area (Å²) >= 11 is 0. The quantitative estimate of drug-likeness (QED) is 0.0547. The summed E-state index contributed by atoms with van der Waals surface area (Å²) in [4.78, 5) is 29.5. The highest BCUT2D eigenvalue weighted by molar-refractivity contribution is 7.86. The Morgan fingerprint density at radius 1 is 0.667 bits per heavy atom. The summed E-state index contributed by atoms with van der Waals surface area (Å²) in [6.45, 7) is 1.05. The fourth-order valence-corrected chi connectivity index (χ4v) is 7.94. The van der Waals surface area contributed by atoms with Gasteiger partial charge in [0.1, 0.15) is 12.6 Å². The number of hydrogen-bond donors (Lipinski definition) is 1. The van der Waals surface area contributed by atoms with Gasteiger partial charge in [-0.1, -0.05) is 169 Å². The minimum Gasteiger partial charge on any atom is -0.451 e. The Morgan fingerprint density at radius 2 is 1.09 bits per heavy atom. The first-order valence-electron chi connectivity index (χ1n) is 17.8. The van der Waals surface area contributed by atoms with Crippen LogP contribution in [0.25, 0.3) is 0 Å². The number of nitrogens with zero attached hydrogens (tertiary/aromatic N) is 1. The number of nitrogens with one attached hydrogen (secondary N) is 1. The maximum absolute atomic E-state index is 14.4. The molecule has 6 aromatic rings. The van der Waals surface area contributed by atoms with Crippen LogP contribution in [0.15, 0.2) is 181 Å². The van der Waals surface area contributed by atoms with E-state index in [0.29, 0.717) is 0 Å². The van der Waals surface area contributed by atoms with Crippen molar-refractivity contribution < 1.29 is 26.9 Å². The largest absolute Gasteiger partial charge is 0.451 e. The van der Waals surface area contributed by atoms with E-state index >= 15 is 0 Å². The Bertz CT molecular complexity index is 2140. The molecule has 0 aliphatic carbocycles. The van der Waals surface area contributed by atoms with Crippen LogP contribution >= 0.6 is 0 Å². The molecule has 6 aromatic carbocycles. The number of esters is 1. The summed E-state index contributed by atoms with van der Waals surface area (Å²) in [7, 11) is -4.21. The standard InChI is InChI=1S/C45H40N2O6S/c1-33-27-29-39(30-28-33)54(50,51)52-32-40-42(44(49)47(40)31-41(48)53-43(34-17-7-2-8-18-34)35-19-9-3-10-20-35)46-45(36-21-11-4-12-22-36,37-23-13-5-14-24-37)38-25-15-6-16-26-38/h2-30,40,42-43,46H,31-32H2,1H3/t40-,42+/m1/s1. The number of aryl methyl sites for hydroxylation is 1. The van der Waals surface area contributed by atoms with Gasteiger partial charge in [-0.25, -0.2) is 0 Å². The molecule has 1 aliphatic rings. The Labute approximate surface area is 316 Å². The van der Waals surface area contributed by atoms with E-state index in [9.17, 15) is 18.0 Å². The van der Waals surface area contributed by atoms with E-state index in [2.05, 4.69) is 5.32 Å². The van der Waals surface area contributed by atoms with E-state index in [1.54, 1.807) is 12.1 Å². The third kappa shape index (κ3) is 7.61. The maximum Gasteiger partial charge on any atom is 0.326 e. The fraction of sp³-hybridized carbons (Fsp3) is 0.156. The van der Waals surface area contributed by atoms with E-state index in [0.717, 1.165) is 33.4 Å². The molecule has 1 amide bonds. The number of β-lactam (4-membered cyclic amide) rings is 1. The lowest BCUT2D eigenvalue weighted by atomic mass is 9.75. The monoisotopic (exact) mass is 736 g/mol. The minimum atomic E-state index is -4.21. The number of hydrogen-bond acceptors (Lipinski definition) is 7. The second kappa shape index (κ2) is 16.0. The number of carbonyl (C=O) groups excluding carboxylic acids is 2. The van der Waals surface area contributed by atoms with Crippen molar-refractivity contribution in [2.45, 2.75) is 35.5 Å². The van der Waals surface area contributed by atoms with Crippen LogP contribution < -0.4 is 5.32 Å². The molecule has 54 heavy (non-hydrogen) atoms. The fourth-order valence-electron chi connectivity index (χ4n) is 7.02. The zero-order valence-electron chi connectivity index (χ0n) is 29.7.